The lowest BCUT2D eigenvalue weighted by atomic mass is 9.41. The van der Waals surface area contributed by atoms with Crippen LogP contribution in [0.2, 0.25) is 0 Å². The topological polar surface area (TPSA) is 92.0 Å². The summed E-state index contributed by atoms with van der Waals surface area (Å²) in [4.78, 5) is 14.8. The van der Waals surface area contributed by atoms with E-state index in [0.717, 1.165) is 12.8 Å². The Kier molecular flexibility index (Phi) is 6.79. The average Bonchev–Trinajstić information content (AvgIpc) is 3.90. The minimum Gasteiger partial charge on any atom is -0.390 e. The fourth-order valence-electron chi connectivity index (χ4n) is 13.7. The number of aliphatic hydroxyl groups excluding tert-OH is 1. The summed E-state index contributed by atoms with van der Waals surface area (Å²) < 4.78 is 19.6. The molecule has 44 heavy (non-hydrogen) atoms. The molecule has 8 fully saturated rings. The maximum atomic E-state index is 12.9. The molecule has 2 aliphatic heterocycles. The minimum absolute atomic E-state index is 0.0302. The van der Waals surface area contributed by atoms with Crippen molar-refractivity contribution in [3.05, 3.63) is 0 Å². The van der Waals surface area contributed by atoms with Gasteiger partial charge in [0.15, 0.2) is 6.29 Å². The Morgan fingerprint density at radius 1 is 1.05 bits per heavy atom. The Labute approximate surface area is 264 Å². The zero-order valence-electron chi connectivity index (χ0n) is 27.9. The molecule has 13 atom stereocenters. The Hall–Kier alpha value is -1.20. The van der Waals surface area contributed by atoms with Crippen molar-refractivity contribution in [2.75, 3.05) is 19.7 Å². The molecule has 6 aliphatic carbocycles. The summed E-state index contributed by atoms with van der Waals surface area (Å²) in [6.07, 6.45) is 11.9. The summed E-state index contributed by atoms with van der Waals surface area (Å²) in [5, 5.41) is 21.7. The molecular formula is C37H56N2O5. The first-order valence-corrected chi connectivity index (χ1v) is 18.2. The number of hydrogen-bond acceptors (Lipinski definition) is 6. The number of hydrogen-bond donors (Lipinski definition) is 1. The monoisotopic (exact) mass is 608 g/mol. The number of fused-ring (bicyclic) bond motifs is 4. The lowest BCUT2D eigenvalue weighted by molar-refractivity contribution is -0.248. The Morgan fingerprint density at radius 3 is 2.55 bits per heavy atom. The summed E-state index contributed by atoms with van der Waals surface area (Å²) >= 11 is 0. The molecule has 0 aromatic rings. The van der Waals surface area contributed by atoms with E-state index in [1.165, 1.54) is 51.4 Å². The van der Waals surface area contributed by atoms with Crippen LogP contribution in [0.3, 0.4) is 0 Å². The number of aliphatic hydroxyl groups is 1. The number of carbonyl (C=O) groups excluding carboxylic acids is 1. The van der Waals surface area contributed by atoms with E-state index in [2.05, 4.69) is 40.7 Å². The first-order valence-electron chi connectivity index (χ1n) is 18.2. The number of nitrogens with zero attached hydrogens (tertiary/aromatic N) is 2. The smallest absolute Gasteiger partial charge is 0.223 e. The van der Waals surface area contributed by atoms with Gasteiger partial charge in [-0.05, 0) is 115 Å². The van der Waals surface area contributed by atoms with Crippen LogP contribution in [0.5, 0.6) is 0 Å². The highest BCUT2D eigenvalue weighted by molar-refractivity contribution is 5.76. The third-order valence-electron chi connectivity index (χ3n) is 16.0. The largest absolute Gasteiger partial charge is 0.390 e. The molecule has 8 rings (SSSR count). The van der Waals surface area contributed by atoms with E-state index in [-0.39, 0.29) is 46.8 Å². The maximum absolute atomic E-state index is 12.9. The van der Waals surface area contributed by atoms with E-state index < -0.39 is 6.10 Å². The molecule has 8 aliphatic rings. The highest BCUT2D eigenvalue weighted by atomic mass is 16.7. The van der Waals surface area contributed by atoms with Gasteiger partial charge in [0.2, 0.25) is 5.91 Å². The second kappa shape index (κ2) is 9.91. The SMILES string of the molecule is C[C@@H]1CC(CC#N)OC2[C@H]1[C@@]1(C)CCC34CC35CC[C@H](O[C@H]3CN(C(=O)CC6CC6)CCO3)C(C)(C)[C@@H]5CCC4[C@]1(C)[C@H]2O. The van der Waals surface area contributed by atoms with Crippen LogP contribution in [0.15, 0.2) is 0 Å². The van der Waals surface area contributed by atoms with Gasteiger partial charge in [-0.1, -0.05) is 34.6 Å². The van der Waals surface area contributed by atoms with Gasteiger partial charge in [0, 0.05) is 18.4 Å². The van der Waals surface area contributed by atoms with E-state index in [0.29, 0.717) is 73.0 Å². The van der Waals surface area contributed by atoms with Crippen LogP contribution in [0, 0.1) is 68.0 Å². The van der Waals surface area contributed by atoms with Crippen LogP contribution >= 0.6 is 0 Å². The summed E-state index contributed by atoms with van der Waals surface area (Å²) in [5.41, 5.74) is 0.560. The molecule has 2 heterocycles. The number of morpholine rings is 1. The van der Waals surface area contributed by atoms with E-state index >= 15 is 0 Å². The molecule has 5 unspecified atom stereocenters. The van der Waals surface area contributed by atoms with Crippen LogP contribution in [-0.2, 0) is 19.0 Å². The van der Waals surface area contributed by atoms with Crippen LogP contribution in [-0.4, -0.2) is 66.3 Å². The van der Waals surface area contributed by atoms with Gasteiger partial charge in [-0.25, -0.2) is 0 Å². The van der Waals surface area contributed by atoms with E-state index in [1.54, 1.807) is 0 Å². The van der Waals surface area contributed by atoms with Gasteiger partial charge < -0.3 is 24.2 Å². The minimum atomic E-state index is -0.473. The van der Waals surface area contributed by atoms with Gasteiger partial charge >= 0.3 is 0 Å². The molecule has 2 spiro atoms. The van der Waals surface area contributed by atoms with Crippen molar-refractivity contribution in [3.63, 3.8) is 0 Å². The lowest BCUT2D eigenvalue weighted by Gasteiger charge is -2.64. The predicted molar refractivity (Wildman–Crippen MR) is 165 cm³/mol. The Balaban J connectivity index is 1.01. The molecule has 0 aromatic carbocycles. The van der Waals surface area contributed by atoms with Gasteiger partial charge in [-0.15, -0.1) is 0 Å². The fraction of sp³-hybridized carbons (Fsp3) is 0.946. The molecule has 244 valence electrons. The molecule has 6 saturated carbocycles. The number of ether oxygens (including phenoxy) is 3. The molecule has 2 saturated heterocycles. The standard InChI is InChI=1S/C37H56N2O5/c1-22-18-24(11-15-38)43-31-30(22)34(4)13-14-37-21-36(37)12-10-27(33(2,3)25(36)8-9-26(37)35(34,5)32(31)41)44-29-20-39(16-17-42-29)28(40)19-23-6-7-23/h22-27,29-32,41H,6-14,16-21H2,1-5H3/t22-,24?,25+,26?,27+,29+,30+,31?,32+,34-,35-,36?,37?/m1/s1. The Morgan fingerprint density at radius 2 is 1.80 bits per heavy atom. The summed E-state index contributed by atoms with van der Waals surface area (Å²) in [6.45, 7) is 14.0. The molecule has 0 radical (unpaired) electrons. The van der Waals surface area contributed by atoms with Crippen molar-refractivity contribution in [2.45, 2.75) is 142 Å². The molecule has 7 heteroatoms. The second-order valence-corrected chi connectivity index (χ2v) is 17.9. The molecular weight excluding hydrogens is 552 g/mol. The van der Waals surface area contributed by atoms with Gasteiger partial charge in [0.1, 0.15) is 0 Å². The van der Waals surface area contributed by atoms with Crippen molar-refractivity contribution in [1.82, 2.24) is 4.90 Å². The fourth-order valence-corrected chi connectivity index (χ4v) is 13.7. The summed E-state index contributed by atoms with van der Waals surface area (Å²) in [6, 6.07) is 2.33. The number of carbonyl (C=O) groups is 1. The molecule has 1 N–H and O–H groups in total. The van der Waals surface area contributed by atoms with Crippen molar-refractivity contribution in [3.8, 4) is 6.07 Å². The predicted octanol–water partition coefficient (Wildman–Crippen LogP) is 6.08. The lowest BCUT2D eigenvalue weighted by Crippen LogP contribution is -2.60. The van der Waals surface area contributed by atoms with Crippen molar-refractivity contribution >= 4 is 5.91 Å². The average molecular weight is 609 g/mol. The third-order valence-corrected chi connectivity index (χ3v) is 16.0. The van der Waals surface area contributed by atoms with Crippen LogP contribution in [0.1, 0.15) is 112 Å². The maximum Gasteiger partial charge on any atom is 0.223 e. The summed E-state index contributed by atoms with van der Waals surface area (Å²) in [7, 11) is 0. The van der Waals surface area contributed by atoms with Gasteiger partial charge in [-0.2, -0.15) is 5.26 Å². The first kappa shape index (κ1) is 30.2. The van der Waals surface area contributed by atoms with Crippen molar-refractivity contribution in [1.29, 1.82) is 5.26 Å². The number of amides is 1. The number of rotatable bonds is 5. The van der Waals surface area contributed by atoms with E-state index in [4.69, 9.17) is 14.2 Å². The Bertz CT molecular complexity index is 1230. The highest BCUT2D eigenvalue weighted by Crippen LogP contribution is 2.89. The van der Waals surface area contributed by atoms with Gasteiger partial charge in [0.05, 0.1) is 50.1 Å². The third kappa shape index (κ3) is 3.90. The van der Waals surface area contributed by atoms with Gasteiger partial charge in [-0.3, -0.25) is 4.79 Å². The zero-order valence-corrected chi connectivity index (χ0v) is 27.9. The van der Waals surface area contributed by atoms with Crippen LogP contribution in [0.4, 0.5) is 0 Å². The van der Waals surface area contributed by atoms with Crippen molar-refractivity contribution in [2.24, 2.45) is 56.7 Å². The molecule has 1 amide bonds. The molecule has 7 nitrogen and oxygen atoms in total. The highest BCUT2D eigenvalue weighted by Gasteiger charge is 2.84. The molecule has 0 aromatic heterocycles. The first-order chi connectivity index (χ1) is 20.9. The van der Waals surface area contributed by atoms with Crippen molar-refractivity contribution < 1.29 is 24.1 Å². The second-order valence-electron chi connectivity index (χ2n) is 17.9. The number of nitriles is 1. The quantitative estimate of drug-likeness (QED) is 0.407. The van der Waals surface area contributed by atoms with Crippen LogP contribution in [0.25, 0.3) is 0 Å². The molecule has 0 bridgehead atoms. The van der Waals surface area contributed by atoms with Crippen LogP contribution < -0.4 is 0 Å². The van der Waals surface area contributed by atoms with E-state index in [1.807, 2.05) is 4.90 Å². The zero-order chi connectivity index (χ0) is 30.9. The van der Waals surface area contributed by atoms with E-state index in [9.17, 15) is 15.2 Å². The normalized spacial score (nSPS) is 53.8. The van der Waals surface area contributed by atoms with Gasteiger partial charge in [0.25, 0.3) is 0 Å². The summed E-state index contributed by atoms with van der Waals surface area (Å²) in [5.74, 6) is 2.80.